The van der Waals surface area contributed by atoms with Gasteiger partial charge in [-0.05, 0) is 36.8 Å². The number of benzene rings is 2. The number of amides is 2. The van der Waals surface area contributed by atoms with Crippen molar-refractivity contribution in [1.29, 1.82) is 0 Å². The Morgan fingerprint density at radius 1 is 0.963 bits per heavy atom. The van der Waals surface area contributed by atoms with Gasteiger partial charge in [0.15, 0.2) is 0 Å². The quantitative estimate of drug-likeness (QED) is 0.482. The van der Waals surface area contributed by atoms with Crippen LogP contribution in [0.2, 0.25) is 0 Å². The van der Waals surface area contributed by atoms with E-state index in [1.165, 1.54) is 24.3 Å². The Hall–Kier alpha value is -3.56. The van der Waals surface area contributed by atoms with Gasteiger partial charge in [0.1, 0.15) is 11.5 Å². The van der Waals surface area contributed by atoms with Gasteiger partial charge in [0.2, 0.25) is 0 Å². The smallest absolute Gasteiger partial charge is 0.471 e. The molecule has 2 rings (SSSR count). The molecular weight excluding hydrogens is 367 g/mol. The number of phenolic OH excluding ortho intramolecular Hbond substituents is 2. The van der Waals surface area contributed by atoms with Crippen LogP contribution in [0.4, 0.5) is 18.9 Å². The molecule has 2 amide bonds. The van der Waals surface area contributed by atoms with E-state index in [4.69, 9.17) is 0 Å². The zero-order chi connectivity index (χ0) is 20.2. The van der Waals surface area contributed by atoms with Crippen LogP contribution in [0.5, 0.6) is 11.5 Å². The number of aromatic hydroxyl groups is 2. The predicted octanol–water partition coefficient (Wildman–Crippen LogP) is 2.75. The molecule has 0 radical (unpaired) electrons. The minimum absolute atomic E-state index is 0.0192. The van der Waals surface area contributed by atoms with Gasteiger partial charge in [0.05, 0.1) is 5.71 Å². The van der Waals surface area contributed by atoms with Crippen molar-refractivity contribution in [1.82, 2.24) is 5.43 Å². The monoisotopic (exact) mass is 381 g/mol. The molecule has 0 aliphatic carbocycles. The molecule has 0 bridgehead atoms. The first-order valence-electron chi connectivity index (χ1n) is 7.42. The van der Waals surface area contributed by atoms with Gasteiger partial charge in [-0.15, -0.1) is 0 Å². The first kappa shape index (κ1) is 19.8. The molecule has 2 aromatic carbocycles. The Kier molecular flexibility index (Phi) is 5.69. The third-order valence-electron chi connectivity index (χ3n) is 3.31. The number of nitrogens with zero attached hydrogens (tertiary/aromatic N) is 1. The number of alkyl halides is 3. The number of hydrazone groups is 1. The Balaban J connectivity index is 2.05. The van der Waals surface area contributed by atoms with Crippen LogP contribution in [-0.2, 0) is 4.79 Å². The highest BCUT2D eigenvalue weighted by molar-refractivity contribution is 6.01. The topological polar surface area (TPSA) is 111 Å². The Labute approximate surface area is 151 Å². The molecule has 0 saturated heterocycles. The first-order chi connectivity index (χ1) is 12.6. The molecule has 2 aromatic rings. The van der Waals surface area contributed by atoms with Gasteiger partial charge in [0.25, 0.3) is 5.91 Å². The lowest BCUT2D eigenvalue weighted by molar-refractivity contribution is -0.167. The summed E-state index contributed by atoms with van der Waals surface area (Å²) in [7, 11) is 0. The number of halogens is 3. The van der Waals surface area contributed by atoms with E-state index in [1.807, 2.05) is 0 Å². The van der Waals surface area contributed by atoms with Gasteiger partial charge >= 0.3 is 12.1 Å². The van der Waals surface area contributed by atoms with Crippen molar-refractivity contribution in [3.05, 3.63) is 53.6 Å². The van der Waals surface area contributed by atoms with Crippen molar-refractivity contribution >= 4 is 23.2 Å². The highest BCUT2D eigenvalue weighted by Gasteiger charge is 2.38. The molecular formula is C17H14F3N3O4. The van der Waals surface area contributed by atoms with E-state index < -0.39 is 18.0 Å². The highest BCUT2D eigenvalue weighted by Crippen LogP contribution is 2.20. The molecule has 0 unspecified atom stereocenters. The van der Waals surface area contributed by atoms with Gasteiger partial charge in [-0.3, -0.25) is 9.59 Å². The number of hydrogen-bond acceptors (Lipinski definition) is 5. The summed E-state index contributed by atoms with van der Waals surface area (Å²) in [6.45, 7) is 1.55. The van der Waals surface area contributed by atoms with Gasteiger partial charge in [0, 0.05) is 17.3 Å². The standard InChI is InChI=1S/C17H14F3N3O4/c1-9(22-23-15(26)11-6-13(24)8-14(25)7-11)10-2-4-12(5-3-10)21-16(27)17(18,19)20/h2-8,24-25H,1H3,(H,21,27)(H,23,26)/b22-9+. The summed E-state index contributed by atoms with van der Waals surface area (Å²) in [6.07, 6.45) is -4.99. The molecule has 7 nitrogen and oxygen atoms in total. The normalized spacial score (nSPS) is 11.8. The van der Waals surface area contributed by atoms with Crippen LogP contribution >= 0.6 is 0 Å². The molecule has 0 aliphatic rings. The number of carbonyl (C=O) groups is 2. The number of anilines is 1. The second-order valence-electron chi connectivity index (χ2n) is 5.41. The number of carbonyl (C=O) groups excluding carboxylic acids is 2. The summed E-state index contributed by atoms with van der Waals surface area (Å²) in [5.41, 5.74) is 2.98. The van der Waals surface area contributed by atoms with E-state index in [-0.39, 0.29) is 22.7 Å². The zero-order valence-corrected chi connectivity index (χ0v) is 13.8. The molecule has 0 aliphatic heterocycles. The van der Waals surface area contributed by atoms with Crippen molar-refractivity contribution in [3.8, 4) is 11.5 Å². The first-order valence-corrected chi connectivity index (χ1v) is 7.42. The molecule has 10 heteroatoms. The maximum absolute atomic E-state index is 12.2. The average molecular weight is 381 g/mol. The molecule has 0 spiro atoms. The Bertz CT molecular complexity index is 873. The van der Waals surface area contributed by atoms with Crippen LogP contribution in [0.15, 0.2) is 47.6 Å². The molecule has 0 aromatic heterocycles. The van der Waals surface area contributed by atoms with Crippen LogP contribution in [-0.4, -0.2) is 33.9 Å². The van der Waals surface area contributed by atoms with Crippen molar-refractivity contribution in [2.45, 2.75) is 13.1 Å². The minimum Gasteiger partial charge on any atom is -0.508 e. The van der Waals surface area contributed by atoms with Crippen molar-refractivity contribution < 1.29 is 33.0 Å². The van der Waals surface area contributed by atoms with Crippen molar-refractivity contribution in [2.75, 3.05) is 5.32 Å². The zero-order valence-electron chi connectivity index (χ0n) is 13.8. The number of nitrogens with one attached hydrogen (secondary N) is 2. The summed E-state index contributed by atoms with van der Waals surface area (Å²) < 4.78 is 36.6. The SMILES string of the molecule is C/C(=N\NC(=O)c1cc(O)cc(O)c1)c1ccc(NC(=O)C(F)(F)F)cc1. The second kappa shape index (κ2) is 7.77. The number of phenols is 2. The molecule has 0 atom stereocenters. The molecule has 0 fully saturated rings. The van der Waals surface area contributed by atoms with E-state index in [0.717, 1.165) is 18.2 Å². The molecule has 142 valence electrons. The maximum atomic E-state index is 12.2. The summed E-state index contributed by atoms with van der Waals surface area (Å²) in [5, 5.41) is 24.3. The van der Waals surface area contributed by atoms with Crippen LogP contribution in [0.1, 0.15) is 22.8 Å². The van der Waals surface area contributed by atoms with Gasteiger partial charge in [-0.2, -0.15) is 18.3 Å². The van der Waals surface area contributed by atoms with Crippen LogP contribution in [0.3, 0.4) is 0 Å². The summed E-state index contributed by atoms with van der Waals surface area (Å²) in [5.74, 6) is -3.36. The average Bonchev–Trinajstić information content (AvgIpc) is 2.58. The fourth-order valence-corrected chi connectivity index (χ4v) is 1.99. The third kappa shape index (κ3) is 5.46. The van der Waals surface area contributed by atoms with E-state index in [2.05, 4.69) is 10.5 Å². The van der Waals surface area contributed by atoms with Crippen LogP contribution < -0.4 is 10.7 Å². The molecule has 0 heterocycles. The Morgan fingerprint density at radius 2 is 1.52 bits per heavy atom. The highest BCUT2D eigenvalue weighted by atomic mass is 19.4. The van der Waals surface area contributed by atoms with Gasteiger partial charge in [-0.1, -0.05) is 12.1 Å². The number of rotatable bonds is 4. The minimum atomic E-state index is -4.99. The third-order valence-corrected chi connectivity index (χ3v) is 3.31. The fraction of sp³-hybridized carbons (Fsp3) is 0.118. The van der Waals surface area contributed by atoms with Crippen molar-refractivity contribution in [2.24, 2.45) is 5.10 Å². The maximum Gasteiger partial charge on any atom is 0.471 e. The van der Waals surface area contributed by atoms with Crippen LogP contribution in [0, 0.1) is 0 Å². The summed E-state index contributed by atoms with van der Waals surface area (Å²) >= 11 is 0. The van der Waals surface area contributed by atoms with Gasteiger partial charge < -0.3 is 15.5 Å². The van der Waals surface area contributed by atoms with Gasteiger partial charge in [-0.25, -0.2) is 5.43 Å². The van der Waals surface area contributed by atoms with Crippen LogP contribution in [0.25, 0.3) is 0 Å². The summed E-state index contributed by atoms with van der Waals surface area (Å²) in [6, 6.07) is 8.68. The lowest BCUT2D eigenvalue weighted by Crippen LogP contribution is -2.29. The molecule has 4 N–H and O–H groups in total. The predicted molar refractivity (Wildman–Crippen MR) is 90.6 cm³/mol. The van der Waals surface area contributed by atoms with E-state index in [1.54, 1.807) is 12.2 Å². The summed E-state index contributed by atoms with van der Waals surface area (Å²) in [4.78, 5) is 22.8. The van der Waals surface area contributed by atoms with E-state index in [9.17, 15) is 33.0 Å². The van der Waals surface area contributed by atoms with E-state index >= 15 is 0 Å². The lowest BCUT2D eigenvalue weighted by Gasteiger charge is -2.08. The largest absolute Gasteiger partial charge is 0.508 e. The van der Waals surface area contributed by atoms with E-state index in [0.29, 0.717) is 11.3 Å². The fourth-order valence-electron chi connectivity index (χ4n) is 1.99. The molecule has 27 heavy (non-hydrogen) atoms. The molecule has 0 saturated carbocycles. The number of hydrogen-bond donors (Lipinski definition) is 4. The second-order valence-corrected chi connectivity index (χ2v) is 5.41. The van der Waals surface area contributed by atoms with Crippen molar-refractivity contribution in [3.63, 3.8) is 0 Å². The lowest BCUT2D eigenvalue weighted by atomic mass is 10.1. The Morgan fingerprint density at radius 3 is 2.04 bits per heavy atom.